The first-order valence-corrected chi connectivity index (χ1v) is 6.72. The molecule has 106 valence electrons. The maximum atomic E-state index is 12.3. The standard InChI is InChI=1S/C16H21N3O/c1-10-7-6-8-11(2)14(10)15(20)17-13-9-12(18-19-13)16(3,4)5/h6-9H,1-5H3,(H2,17,18,19,20). The predicted molar refractivity (Wildman–Crippen MR) is 81.2 cm³/mol. The second-order valence-corrected chi connectivity index (χ2v) is 6.14. The summed E-state index contributed by atoms with van der Waals surface area (Å²) in [6, 6.07) is 7.71. The molecule has 0 aliphatic rings. The van der Waals surface area contributed by atoms with E-state index in [1.807, 2.05) is 38.1 Å². The molecule has 0 radical (unpaired) electrons. The van der Waals surface area contributed by atoms with Crippen LogP contribution in [0.15, 0.2) is 24.3 Å². The highest BCUT2D eigenvalue weighted by molar-refractivity contribution is 6.05. The summed E-state index contributed by atoms with van der Waals surface area (Å²) in [5, 5.41) is 9.97. The van der Waals surface area contributed by atoms with Gasteiger partial charge in [0.1, 0.15) is 0 Å². The first-order valence-electron chi connectivity index (χ1n) is 6.72. The fourth-order valence-corrected chi connectivity index (χ4v) is 2.12. The number of hydrogen-bond donors (Lipinski definition) is 2. The van der Waals surface area contributed by atoms with Gasteiger partial charge in [0.25, 0.3) is 5.91 Å². The van der Waals surface area contributed by atoms with Crippen LogP contribution in [0.4, 0.5) is 5.82 Å². The number of hydrogen-bond acceptors (Lipinski definition) is 2. The quantitative estimate of drug-likeness (QED) is 0.877. The molecular formula is C16H21N3O. The van der Waals surface area contributed by atoms with Gasteiger partial charge in [-0.15, -0.1) is 0 Å². The zero-order valence-electron chi connectivity index (χ0n) is 12.7. The Labute approximate surface area is 119 Å². The van der Waals surface area contributed by atoms with Gasteiger partial charge in [0.05, 0.1) is 0 Å². The summed E-state index contributed by atoms with van der Waals surface area (Å²) in [4.78, 5) is 12.3. The summed E-state index contributed by atoms with van der Waals surface area (Å²) in [6.45, 7) is 10.2. The Morgan fingerprint density at radius 3 is 2.30 bits per heavy atom. The topological polar surface area (TPSA) is 57.8 Å². The molecule has 1 amide bonds. The van der Waals surface area contributed by atoms with Crippen molar-refractivity contribution in [2.75, 3.05) is 5.32 Å². The molecule has 0 atom stereocenters. The molecule has 0 bridgehead atoms. The first-order chi connectivity index (χ1) is 9.29. The average molecular weight is 271 g/mol. The smallest absolute Gasteiger partial charge is 0.257 e. The van der Waals surface area contributed by atoms with Crippen LogP contribution in [0.25, 0.3) is 0 Å². The molecule has 0 fully saturated rings. The first kappa shape index (κ1) is 14.3. The number of carbonyl (C=O) groups excluding carboxylic acids is 1. The third kappa shape index (κ3) is 2.90. The van der Waals surface area contributed by atoms with E-state index < -0.39 is 0 Å². The lowest BCUT2D eigenvalue weighted by molar-refractivity contribution is 0.102. The molecule has 1 aromatic carbocycles. The van der Waals surface area contributed by atoms with Crippen molar-refractivity contribution in [3.05, 3.63) is 46.6 Å². The van der Waals surface area contributed by atoms with Crippen LogP contribution >= 0.6 is 0 Å². The monoisotopic (exact) mass is 271 g/mol. The van der Waals surface area contributed by atoms with Crippen LogP contribution in [0, 0.1) is 13.8 Å². The van der Waals surface area contributed by atoms with E-state index in [4.69, 9.17) is 0 Å². The van der Waals surface area contributed by atoms with Gasteiger partial charge in [-0.3, -0.25) is 9.89 Å². The molecule has 4 nitrogen and oxygen atoms in total. The number of nitrogens with one attached hydrogen (secondary N) is 2. The van der Waals surface area contributed by atoms with Gasteiger partial charge in [0.2, 0.25) is 0 Å². The second kappa shape index (κ2) is 5.12. The van der Waals surface area contributed by atoms with Crippen molar-refractivity contribution in [3.63, 3.8) is 0 Å². The predicted octanol–water partition coefficient (Wildman–Crippen LogP) is 3.58. The molecule has 2 rings (SSSR count). The summed E-state index contributed by atoms with van der Waals surface area (Å²) in [5.74, 6) is 0.440. The number of carbonyl (C=O) groups is 1. The van der Waals surface area contributed by atoms with E-state index in [0.717, 1.165) is 16.8 Å². The zero-order valence-corrected chi connectivity index (χ0v) is 12.7. The summed E-state index contributed by atoms with van der Waals surface area (Å²) in [6.07, 6.45) is 0. The van der Waals surface area contributed by atoms with E-state index in [-0.39, 0.29) is 11.3 Å². The second-order valence-electron chi connectivity index (χ2n) is 6.14. The van der Waals surface area contributed by atoms with Crippen molar-refractivity contribution in [2.45, 2.75) is 40.0 Å². The summed E-state index contributed by atoms with van der Waals surface area (Å²) < 4.78 is 0. The van der Waals surface area contributed by atoms with E-state index in [2.05, 4.69) is 36.3 Å². The van der Waals surface area contributed by atoms with Gasteiger partial charge in [0.15, 0.2) is 5.82 Å². The highest BCUT2D eigenvalue weighted by atomic mass is 16.1. The van der Waals surface area contributed by atoms with Gasteiger partial charge in [-0.1, -0.05) is 39.0 Å². The van der Waals surface area contributed by atoms with Crippen molar-refractivity contribution >= 4 is 11.7 Å². The summed E-state index contributed by atoms with van der Waals surface area (Å²) in [7, 11) is 0. The average Bonchev–Trinajstić information content (AvgIpc) is 2.76. The number of benzene rings is 1. The number of aromatic amines is 1. The molecule has 0 spiro atoms. The Balaban J connectivity index is 2.22. The third-order valence-electron chi connectivity index (χ3n) is 3.34. The number of anilines is 1. The molecule has 2 aromatic rings. The van der Waals surface area contributed by atoms with Crippen LogP contribution in [0.3, 0.4) is 0 Å². The minimum atomic E-state index is -0.118. The summed E-state index contributed by atoms with van der Waals surface area (Å²) in [5.41, 5.74) is 3.62. The molecule has 20 heavy (non-hydrogen) atoms. The fourth-order valence-electron chi connectivity index (χ4n) is 2.12. The van der Waals surface area contributed by atoms with Crippen LogP contribution in [0.1, 0.15) is 48.0 Å². The molecule has 0 unspecified atom stereocenters. The molecule has 0 saturated heterocycles. The van der Waals surface area contributed by atoms with Gasteiger partial charge in [-0.05, 0) is 25.0 Å². The van der Waals surface area contributed by atoms with E-state index >= 15 is 0 Å². The van der Waals surface area contributed by atoms with Crippen LogP contribution in [0.2, 0.25) is 0 Å². The van der Waals surface area contributed by atoms with Crippen molar-refractivity contribution in [1.82, 2.24) is 10.2 Å². The molecule has 1 aromatic heterocycles. The highest BCUT2D eigenvalue weighted by Gasteiger charge is 2.18. The number of aryl methyl sites for hydroxylation is 2. The molecule has 1 heterocycles. The van der Waals surface area contributed by atoms with E-state index in [1.165, 1.54) is 0 Å². The van der Waals surface area contributed by atoms with Crippen LogP contribution < -0.4 is 5.32 Å². The number of rotatable bonds is 2. The van der Waals surface area contributed by atoms with Crippen molar-refractivity contribution in [1.29, 1.82) is 0 Å². The Kier molecular flexibility index (Phi) is 3.66. The number of nitrogens with zero attached hydrogens (tertiary/aromatic N) is 1. The normalized spacial score (nSPS) is 11.4. The van der Waals surface area contributed by atoms with Gasteiger partial charge < -0.3 is 5.32 Å². The number of amides is 1. The van der Waals surface area contributed by atoms with Crippen molar-refractivity contribution < 1.29 is 4.79 Å². The molecular weight excluding hydrogens is 250 g/mol. The minimum Gasteiger partial charge on any atom is -0.305 e. The van der Waals surface area contributed by atoms with Gasteiger partial charge >= 0.3 is 0 Å². The molecule has 0 aliphatic heterocycles. The molecule has 0 saturated carbocycles. The van der Waals surface area contributed by atoms with E-state index in [1.54, 1.807) is 0 Å². The Morgan fingerprint density at radius 2 is 1.80 bits per heavy atom. The molecule has 2 N–H and O–H groups in total. The van der Waals surface area contributed by atoms with Crippen molar-refractivity contribution in [3.8, 4) is 0 Å². The third-order valence-corrected chi connectivity index (χ3v) is 3.34. The lowest BCUT2D eigenvalue weighted by atomic mass is 9.92. The summed E-state index contributed by atoms with van der Waals surface area (Å²) >= 11 is 0. The van der Waals surface area contributed by atoms with E-state index in [9.17, 15) is 4.79 Å². The molecule has 0 aliphatic carbocycles. The fraction of sp³-hybridized carbons (Fsp3) is 0.375. The van der Waals surface area contributed by atoms with Gasteiger partial charge in [0, 0.05) is 22.7 Å². The highest BCUT2D eigenvalue weighted by Crippen LogP contribution is 2.22. The minimum absolute atomic E-state index is 0.0193. The maximum absolute atomic E-state index is 12.3. The van der Waals surface area contributed by atoms with Gasteiger partial charge in [-0.2, -0.15) is 5.10 Å². The Hall–Kier alpha value is -2.10. The van der Waals surface area contributed by atoms with Crippen LogP contribution in [-0.2, 0) is 5.41 Å². The molecule has 4 heteroatoms. The van der Waals surface area contributed by atoms with E-state index in [0.29, 0.717) is 11.4 Å². The van der Waals surface area contributed by atoms with Crippen LogP contribution in [0.5, 0.6) is 0 Å². The lowest BCUT2D eigenvalue weighted by Gasteiger charge is -2.14. The number of aromatic nitrogens is 2. The maximum Gasteiger partial charge on any atom is 0.257 e. The van der Waals surface area contributed by atoms with Gasteiger partial charge in [-0.25, -0.2) is 0 Å². The van der Waals surface area contributed by atoms with Crippen molar-refractivity contribution in [2.24, 2.45) is 0 Å². The van der Waals surface area contributed by atoms with Crippen LogP contribution in [-0.4, -0.2) is 16.1 Å². The zero-order chi connectivity index (χ0) is 14.9. The largest absolute Gasteiger partial charge is 0.305 e. The lowest BCUT2D eigenvalue weighted by Crippen LogP contribution is -2.15. The Bertz CT molecular complexity index is 615. The Morgan fingerprint density at radius 1 is 1.20 bits per heavy atom. The number of H-pyrrole nitrogens is 1. The SMILES string of the molecule is Cc1cccc(C)c1C(=O)Nc1cc(C(C)(C)C)[nH]n1.